The Balaban J connectivity index is 2.14. The molecule has 2 aromatic carbocycles. The van der Waals surface area contributed by atoms with Crippen LogP contribution in [0.25, 0.3) is 10.9 Å². The Morgan fingerprint density at radius 1 is 1.00 bits per heavy atom. The third-order valence-electron chi connectivity index (χ3n) is 3.56. The monoisotopic (exact) mass is 263 g/mol. The molecule has 0 radical (unpaired) electrons. The van der Waals surface area contributed by atoms with Crippen LogP contribution in [0.2, 0.25) is 0 Å². The van der Waals surface area contributed by atoms with Crippen molar-refractivity contribution in [2.45, 2.75) is 6.92 Å². The van der Waals surface area contributed by atoms with Crippen molar-refractivity contribution in [1.29, 1.82) is 0 Å². The molecule has 0 saturated heterocycles. The van der Waals surface area contributed by atoms with Gasteiger partial charge >= 0.3 is 0 Å². The second kappa shape index (κ2) is 4.85. The van der Waals surface area contributed by atoms with Gasteiger partial charge in [-0.3, -0.25) is 4.98 Å². The number of nitrogen functional groups attached to an aromatic ring is 1. The SMILES string of the molecule is Cc1ccc(N(C)c2ccc(N)c3ncccc23)cc1. The van der Waals surface area contributed by atoms with Crippen LogP contribution in [0.1, 0.15) is 5.56 Å². The van der Waals surface area contributed by atoms with Crippen molar-refractivity contribution in [3.8, 4) is 0 Å². The van der Waals surface area contributed by atoms with Crippen molar-refractivity contribution in [2.75, 3.05) is 17.7 Å². The molecule has 0 bridgehead atoms. The number of hydrogen-bond acceptors (Lipinski definition) is 3. The van der Waals surface area contributed by atoms with Crippen LogP contribution in [0.3, 0.4) is 0 Å². The van der Waals surface area contributed by atoms with Gasteiger partial charge in [-0.05, 0) is 43.3 Å². The van der Waals surface area contributed by atoms with Crippen LogP contribution < -0.4 is 10.6 Å². The maximum atomic E-state index is 6.00. The van der Waals surface area contributed by atoms with E-state index in [4.69, 9.17) is 5.73 Å². The van der Waals surface area contributed by atoms with E-state index in [1.54, 1.807) is 6.20 Å². The van der Waals surface area contributed by atoms with E-state index in [-0.39, 0.29) is 0 Å². The number of anilines is 3. The fourth-order valence-corrected chi connectivity index (χ4v) is 2.38. The van der Waals surface area contributed by atoms with Crippen molar-refractivity contribution < 1.29 is 0 Å². The van der Waals surface area contributed by atoms with E-state index in [1.165, 1.54) is 5.56 Å². The zero-order valence-electron chi connectivity index (χ0n) is 11.7. The van der Waals surface area contributed by atoms with Gasteiger partial charge in [0.1, 0.15) is 0 Å². The van der Waals surface area contributed by atoms with Crippen molar-refractivity contribution in [1.82, 2.24) is 4.98 Å². The molecule has 0 spiro atoms. The highest BCUT2D eigenvalue weighted by Gasteiger charge is 2.10. The van der Waals surface area contributed by atoms with Gasteiger partial charge in [0.2, 0.25) is 0 Å². The third kappa shape index (κ3) is 2.07. The zero-order valence-corrected chi connectivity index (χ0v) is 11.7. The van der Waals surface area contributed by atoms with Gasteiger partial charge in [0, 0.05) is 24.3 Å². The first kappa shape index (κ1) is 12.5. The van der Waals surface area contributed by atoms with Crippen LogP contribution in [0.5, 0.6) is 0 Å². The molecule has 1 heterocycles. The van der Waals surface area contributed by atoms with Crippen LogP contribution in [-0.4, -0.2) is 12.0 Å². The Morgan fingerprint density at radius 2 is 1.75 bits per heavy atom. The number of nitrogens with two attached hydrogens (primary N) is 1. The molecule has 0 amide bonds. The number of hydrogen-bond donors (Lipinski definition) is 1. The van der Waals surface area contributed by atoms with Gasteiger partial charge in [-0.2, -0.15) is 0 Å². The molecule has 3 nitrogen and oxygen atoms in total. The summed E-state index contributed by atoms with van der Waals surface area (Å²) in [6.45, 7) is 2.09. The summed E-state index contributed by atoms with van der Waals surface area (Å²) in [5, 5.41) is 1.07. The van der Waals surface area contributed by atoms with Gasteiger partial charge in [0.25, 0.3) is 0 Å². The van der Waals surface area contributed by atoms with Crippen molar-refractivity contribution in [3.05, 3.63) is 60.3 Å². The minimum absolute atomic E-state index is 0.710. The van der Waals surface area contributed by atoms with Crippen LogP contribution in [0.15, 0.2) is 54.7 Å². The Hall–Kier alpha value is -2.55. The summed E-state index contributed by atoms with van der Waals surface area (Å²) in [6, 6.07) is 16.4. The summed E-state index contributed by atoms with van der Waals surface area (Å²) in [7, 11) is 2.06. The summed E-state index contributed by atoms with van der Waals surface area (Å²) < 4.78 is 0. The molecule has 3 heteroatoms. The van der Waals surface area contributed by atoms with E-state index in [2.05, 4.69) is 54.2 Å². The molecule has 0 atom stereocenters. The predicted octanol–water partition coefficient (Wildman–Crippen LogP) is 3.89. The predicted molar refractivity (Wildman–Crippen MR) is 85.4 cm³/mol. The Morgan fingerprint density at radius 3 is 2.50 bits per heavy atom. The van der Waals surface area contributed by atoms with Gasteiger partial charge < -0.3 is 10.6 Å². The van der Waals surface area contributed by atoms with Gasteiger partial charge in [-0.1, -0.05) is 17.7 Å². The van der Waals surface area contributed by atoms with E-state index in [1.807, 2.05) is 18.2 Å². The lowest BCUT2D eigenvalue weighted by Gasteiger charge is -2.21. The fraction of sp³-hybridized carbons (Fsp3) is 0.118. The summed E-state index contributed by atoms with van der Waals surface area (Å²) in [5.74, 6) is 0. The number of benzene rings is 2. The molecule has 20 heavy (non-hydrogen) atoms. The molecule has 3 rings (SSSR count). The van der Waals surface area contributed by atoms with Crippen molar-refractivity contribution >= 4 is 28.0 Å². The van der Waals surface area contributed by atoms with Crippen LogP contribution in [-0.2, 0) is 0 Å². The van der Waals surface area contributed by atoms with Crippen molar-refractivity contribution in [3.63, 3.8) is 0 Å². The van der Waals surface area contributed by atoms with Gasteiger partial charge in [-0.15, -0.1) is 0 Å². The smallest absolute Gasteiger partial charge is 0.0952 e. The summed E-state index contributed by atoms with van der Waals surface area (Å²) in [5.41, 5.74) is 11.1. The first-order chi connectivity index (χ1) is 9.66. The second-order valence-corrected chi connectivity index (χ2v) is 4.97. The molecule has 3 aromatic rings. The van der Waals surface area contributed by atoms with Gasteiger partial charge in [0.05, 0.1) is 16.9 Å². The highest BCUT2D eigenvalue weighted by molar-refractivity contribution is 5.99. The average molecular weight is 263 g/mol. The van der Waals surface area contributed by atoms with Gasteiger partial charge in [-0.25, -0.2) is 0 Å². The molecule has 1 aromatic heterocycles. The minimum atomic E-state index is 0.710. The second-order valence-electron chi connectivity index (χ2n) is 4.97. The molecular formula is C17H17N3. The van der Waals surface area contributed by atoms with E-state index in [9.17, 15) is 0 Å². The molecule has 0 saturated carbocycles. The number of rotatable bonds is 2. The first-order valence-electron chi connectivity index (χ1n) is 6.60. The summed E-state index contributed by atoms with van der Waals surface area (Å²) >= 11 is 0. The molecule has 0 unspecified atom stereocenters. The molecule has 0 aliphatic carbocycles. The number of fused-ring (bicyclic) bond motifs is 1. The van der Waals surface area contributed by atoms with Crippen LogP contribution in [0, 0.1) is 6.92 Å². The van der Waals surface area contributed by atoms with Crippen LogP contribution in [0.4, 0.5) is 17.1 Å². The van der Waals surface area contributed by atoms with Crippen molar-refractivity contribution in [2.24, 2.45) is 0 Å². The molecule has 100 valence electrons. The third-order valence-corrected chi connectivity index (χ3v) is 3.56. The van der Waals surface area contributed by atoms with E-state index >= 15 is 0 Å². The highest BCUT2D eigenvalue weighted by atomic mass is 15.1. The Bertz CT molecular complexity index is 748. The standard InChI is InChI=1S/C17H17N3/c1-12-5-7-13(8-6-12)20(2)16-10-9-15(18)17-14(16)4-3-11-19-17/h3-11H,18H2,1-2H3. The number of pyridine rings is 1. The molecule has 0 fully saturated rings. The Kier molecular flexibility index (Phi) is 3.03. The average Bonchev–Trinajstić information content (AvgIpc) is 2.48. The molecule has 0 aliphatic rings. The normalized spacial score (nSPS) is 10.7. The first-order valence-corrected chi connectivity index (χ1v) is 6.60. The number of aromatic nitrogens is 1. The van der Waals surface area contributed by atoms with E-state index in [0.29, 0.717) is 5.69 Å². The fourth-order valence-electron chi connectivity index (χ4n) is 2.38. The number of nitrogens with zero attached hydrogens (tertiary/aromatic N) is 2. The lowest BCUT2D eigenvalue weighted by molar-refractivity contribution is 1.21. The molecular weight excluding hydrogens is 246 g/mol. The van der Waals surface area contributed by atoms with E-state index in [0.717, 1.165) is 22.3 Å². The topological polar surface area (TPSA) is 42.1 Å². The number of aryl methyl sites for hydroxylation is 1. The minimum Gasteiger partial charge on any atom is -0.397 e. The van der Waals surface area contributed by atoms with Crippen LogP contribution >= 0.6 is 0 Å². The highest BCUT2D eigenvalue weighted by Crippen LogP contribution is 2.32. The maximum Gasteiger partial charge on any atom is 0.0952 e. The lowest BCUT2D eigenvalue weighted by atomic mass is 10.1. The maximum absolute atomic E-state index is 6.00. The molecule has 2 N–H and O–H groups in total. The molecule has 0 aliphatic heterocycles. The Labute approximate surface area is 118 Å². The summed E-state index contributed by atoms with van der Waals surface area (Å²) in [6.07, 6.45) is 1.77. The van der Waals surface area contributed by atoms with E-state index < -0.39 is 0 Å². The van der Waals surface area contributed by atoms with Gasteiger partial charge in [0.15, 0.2) is 0 Å². The summed E-state index contributed by atoms with van der Waals surface area (Å²) in [4.78, 5) is 6.54. The largest absolute Gasteiger partial charge is 0.397 e. The zero-order chi connectivity index (χ0) is 14.1. The quantitative estimate of drug-likeness (QED) is 0.713. The lowest BCUT2D eigenvalue weighted by Crippen LogP contribution is -2.10.